The number of imidazole rings is 1. The van der Waals surface area contributed by atoms with Crippen LogP contribution >= 0.6 is 11.6 Å². The first-order chi connectivity index (χ1) is 31.3. The minimum Gasteiger partial charge on any atom is -0.493 e. The predicted octanol–water partition coefficient (Wildman–Crippen LogP) is 7.85. The predicted molar refractivity (Wildman–Crippen MR) is 251 cm³/mol. The fourth-order valence-electron chi connectivity index (χ4n) is 10.7. The molecule has 340 valence electrons. The van der Waals surface area contributed by atoms with Crippen molar-refractivity contribution in [2.75, 3.05) is 37.0 Å². The summed E-state index contributed by atoms with van der Waals surface area (Å²) in [5.74, 6) is 0.827. The Kier molecular flexibility index (Phi) is 12.4. The highest BCUT2D eigenvalue weighted by Gasteiger charge is 2.38. The van der Waals surface area contributed by atoms with E-state index in [-0.39, 0.29) is 48.3 Å². The molecule has 3 aliphatic heterocycles. The third kappa shape index (κ3) is 8.56. The Morgan fingerprint density at radius 2 is 1.51 bits per heavy atom. The maximum absolute atomic E-state index is 14.1. The number of benzene rings is 4. The second-order valence-electron chi connectivity index (χ2n) is 18.4. The first-order valence-corrected chi connectivity index (χ1v) is 23.3. The van der Waals surface area contributed by atoms with Gasteiger partial charge in [0.25, 0.3) is 0 Å². The maximum atomic E-state index is 14.1. The molecule has 1 unspecified atom stereocenters. The van der Waals surface area contributed by atoms with Gasteiger partial charge in [-0.25, -0.2) is 4.79 Å². The molecule has 4 aromatic carbocycles. The molecule has 1 aliphatic carbocycles. The Labute approximate surface area is 384 Å². The summed E-state index contributed by atoms with van der Waals surface area (Å²) in [4.78, 5) is 72.0. The first-order valence-electron chi connectivity index (χ1n) is 22.9. The molecule has 0 radical (unpaired) electrons. The molecule has 3 fully saturated rings. The van der Waals surface area contributed by atoms with Gasteiger partial charge in [-0.2, -0.15) is 0 Å². The Hall–Kier alpha value is -5.92. The number of aryl methyl sites for hydroxylation is 1. The summed E-state index contributed by atoms with van der Waals surface area (Å²) in [6.07, 6.45) is 6.25. The zero-order chi connectivity index (χ0) is 45.7. The number of hydrogen-bond donors (Lipinski definition) is 1. The van der Waals surface area contributed by atoms with Crippen molar-refractivity contribution < 1.29 is 28.7 Å². The van der Waals surface area contributed by atoms with Crippen molar-refractivity contribution >= 4 is 57.6 Å². The number of anilines is 2. The lowest BCUT2D eigenvalue weighted by molar-refractivity contribution is -0.135. The van der Waals surface area contributed by atoms with Crippen molar-refractivity contribution in [3.63, 3.8) is 0 Å². The third-order valence-corrected chi connectivity index (χ3v) is 14.4. The number of hydrogen-bond acceptors (Lipinski definition) is 8. The van der Waals surface area contributed by atoms with Gasteiger partial charge >= 0.3 is 5.69 Å². The molecule has 2 saturated heterocycles. The van der Waals surface area contributed by atoms with Crippen LogP contribution in [0.4, 0.5) is 11.4 Å². The van der Waals surface area contributed by atoms with Crippen molar-refractivity contribution in [1.82, 2.24) is 19.4 Å². The molecular formula is C51H57ClN6O7. The Balaban J connectivity index is 0.830. The fourth-order valence-corrected chi connectivity index (χ4v) is 10.8. The van der Waals surface area contributed by atoms with Crippen LogP contribution in [0.25, 0.3) is 11.0 Å². The number of piperidine rings is 2. The molecule has 13 nitrogen and oxygen atoms in total. The van der Waals surface area contributed by atoms with Gasteiger partial charge in [0.15, 0.2) is 11.5 Å². The van der Waals surface area contributed by atoms with E-state index in [0.29, 0.717) is 40.4 Å². The van der Waals surface area contributed by atoms with Gasteiger partial charge in [0, 0.05) is 48.9 Å². The molecule has 1 aromatic heterocycles. The summed E-state index contributed by atoms with van der Waals surface area (Å²) in [7, 11) is 5.19. The molecule has 1 N–H and O–H groups in total. The molecular weight excluding hydrogens is 844 g/mol. The second-order valence-corrected chi connectivity index (χ2v) is 18.9. The lowest BCUT2D eigenvalue weighted by Crippen LogP contribution is -2.44. The summed E-state index contributed by atoms with van der Waals surface area (Å²) in [6, 6.07) is 24.6. The van der Waals surface area contributed by atoms with Crippen LogP contribution in [0.1, 0.15) is 105 Å². The largest absolute Gasteiger partial charge is 0.493 e. The molecule has 4 amide bonds. The molecule has 2 atom stereocenters. The van der Waals surface area contributed by atoms with Gasteiger partial charge in [-0.15, -0.1) is 0 Å². The van der Waals surface area contributed by atoms with Gasteiger partial charge in [0.2, 0.25) is 23.6 Å². The van der Waals surface area contributed by atoms with Gasteiger partial charge in [0.05, 0.1) is 36.7 Å². The fraction of sp³-hybridized carbons (Fsp3) is 0.431. The van der Waals surface area contributed by atoms with E-state index in [2.05, 4.69) is 22.3 Å². The zero-order valence-corrected chi connectivity index (χ0v) is 38.5. The lowest BCUT2D eigenvalue weighted by Gasteiger charge is -2.41. The Bertz CT molecular complexity index is 2690. The highest BCUT2D eigenvalue weighted by molar-refractivity contribution is 6.30. The van der Waals surface area contributed by atoms with E-state index >= 15 is 0 Å². The van der Waals surface area contributed by atoms with E-state index in [9.17, 15) is 24.0 Å². The highest BCUT2D eigenvalue weighted by Crippen LogP contribution is 2.44. The van der Waals surface area contributed by atoms with Crippen LogP contribution in [0.5, 0.6) is 11.5 Å². The lowest BCUT2D eigenvalue weighted by atomic mass is 9.82. The first kappa shape index (κ1) is 44.3. The molecule has 65 heavy (non-hydrogen) atoms. The third-order valence-electron chi connectivity index (χ3n) is 14.2. The summed E-state index contributed by atoms with van der Waals surface area (Å²) in [6.45, 7) is 5.88. The second kappa shape index (κ2) is 18.2. The van der Waals surface area contributed by atoms with Gasteiger partial charge < -0.3 is 24.2 Å². The number of methoxy groups -OCH3 is 1. The average Bonchev–Trinajstić information content (AvgIpc) is 3.55. The van der Waals surface area contributed by atoms with Crippen molar-refractivity contribution in [2.24, 2.45) is 13.0 Å². The van der Waals surface area contributed by atoms with E-state index in [4.69, 9.17) is 21.1 Å². The molecule has 0 spiro atoms. The average molecular weight is 902 g/mol. The smallest absolute Gasteiger partial charge is 0.329 e. The molecule has 4 aliphatic rings. The van der Waals surface area contributed by atoms with Crippen molar-refractivity contribution in [1.29, 1.82) is 0 Å². The zero-order valence-electron chi connectivity index (χ0n) is 37.7. The number of fused-ring (bicyclic) bond motifs is 2. The number of amides is 4. The number of nitrogens with zero attached hydrogens (tertiary/aromatic N) is 5. The number of likely N-dealkylation sites (tertiary alicyclic amines) is 1. The number of halogens is 1. The van der Waals surface area contributed by atoms with Crippen LogP contribution in [-0.2, 0) is 32.6 Å². The number of nitrogens with one attached hydrogen (secondary N) is 1. The summed E-state index contributed by atoms with van der Waals surface area (Å²) in [5, 5.41) is 2.99. The Morgan fingerprint density at radius 1 is 0.815 bits per heavy atom. The van der Waals surface area contributed by atoms with Crippen LogP contribution in [0.2, 0.25) is 5.02 Å². The van der Waals surface area contributed by atoms with Crippen molar-refractivity contribution in [2.45, 2.75) is 102 Å². The van der Waals surface area contributed by atoms with Gasteiger partial charge in [0.1, 0.15) is 6.04 Å². The monoisotopic (exact) mass is 900 g/mol. The minimum atomic E-state index is -0.700. The summed E-state index contributed by atoms with van der Waals surface area (Å²) >= 11 is 6.32. The number of carbonyl (C=O) groups excluding carboxylic acids is 4. The van der Waals surface area contributed by atoms with E-state index in [1.807, 2.05) is 92.5 Å². The SMILES string of the molecule is COc1cc2c(cc1OC(C)C)[C@H](c1ccc(Cl)cc1)N(c1ccc(N(C)C(=O)C3CCC(N4CCC(c5ccc6c(c5)n(C)c(=O)n6C5CCC(=O)NC5=O)CC4)CC3)cc1)C(=O)C2. The van der Waals surface area contributed by atoms with E-state index < -0.39 is 18.0 Å². The van der Waals surface area contributed by atoms with Crippen molar-refractivity contribution in [3.05, 3.63) is 117 Å². The Morgan fingerprint density at radius 3 is 2.17 bits per heavy atom. The van der Waals surface area contributed by atoms with Crippen LogP contribution in [-0.4, -0.2) is 77.1 Å². The normalized spacial score (nSPS) is 22.0. The van der Waals surface area contributed by atoms with Crippen LogP contribution in [0.3, 0.4) is 0 Å². The molecule has 9 rings (SSSR count). The van der Waals surface area contributed by atoms with Crippen LogP contribution in [0, 0.1) is 5.92 Å². The van der Waals surface area contributed by atoms with E-state index in [1.165, 1.54) is 10.1 Å². The standard InChI is InChI=1S/C51H57ClN6O7/c1-30(2)65-45-29-40-35(27-44(45)64-5)28-47(60)57(48(40)32-6-11-36(52)12-7-32)39-17-15-37(16-18-39)54(3)50(62)33-8-13-38(14-9-33)56-24-22-31(23-25-56)34-10-19-41-43(26-34)55(4)51(63)58(41)42-20-21-46(59)53-49(42)61/h6-7,10-12,15-19,26-27,29-31,33,38,42,48H,8-9,13-14,20-25,28H2,1-5H3,(H,53,59,61)/t33?,38?,42?,48-/m0/s1. The van der Waals surface area contributed by atoms with Gasteiger partial charge in [-0.1, -0.05) is 29.8 Å². The summed E-state index contributed by atoms with van der Waals surface area (Å²) < 4.78 is 15.0. The van der Waals surface area contributed by atoms with E-state index in [1.54, 1.807) is 23.6 Å². The molecule has 5 aromatic rings. The quantitative estimate of drug-likeness (QED) is 0.140. The van der Waals surface area contributed by atoms with E-state index in [0.717, 1.165) is 85.2 Å². The number of rotatable bonds is 10. The summed E-state index contributed by atoms with van der Waals surface area (Å²) in [5.41, 5.74) is 6.69. The number of carbonyl (C=O) groups is 4. The maximum Gasteiger partial charge on any atom is 0.329 e. The number of aromatic nitrogens is 2. The van der Waals surface area contributed by atoms with Gasteiger partial charge in [-0.3, -0.25) is 33.6 Å². The minimum absolute atomic E-state index is 0.0518. The molecule has 1 saturated carbocycles. The van der Waals surface area contributed by atoms with Gasteiger partial charge in [-0.05, 0) is 161 Å². The molecule has 14 heteroatoms. The highest BCUT2D eigenvalue weighted by atomic mass is 35.5. The number of imide groups is 1. The van der Waals surface area contributed by atoms with Crippen LogP contribution < -0.4 is 30.3 Å². The molecule has 4 heterocycles. The topological polar surface area (TPSA) is 135 Å². The molecule has 0 bridgehead atoms. The van der Waals surface area contributed by atoms with Crippen LogP contribution in [0.15, 0.2) is 83.7 Å². The number of ether oxygens (including phenoxy) is 2. The van der Waals surface area contributed by atoms with Crippen molar-refractivity contribution in [3.8, 4) is 11.5 Å².